The summed E-state index contributed by atoms with van der Waals surface area (Å²) in [6.07, 6.45) is 0.373. The van der Waals surface area contributed by atoms with Crippen LogP contribution in [0.15, 0.2) is 42.5 Å². The molecule has 1 atom stereocenters. The fraction of sp³-hybridized carbons (Fsp3) is 0.259. The molecule has 3 aromatic carbocycles. The molecule has 1 N–H and O–H groups in total. The standard InChI is InChI=1S/C27H25F3N2O5/c1-14(33)31-17-7-5-15(6-8-17)27(34)32-10-9-16-11-18(35-2)12-21(36-3)22(16)25(32)19-13-20(28)24(30)26(37-4)23(19)29/h5-8,11-13,25H,9-10H2,1-4H3,(H,31,33). The van der Waals surface area contributed by atoms with Gasteiger partial charge in [-0.25, -0.2) is 8.78 Å². The molecule has 3 aromatic rings. The van der Waals surface area contributed by atoms with Crippen LogP contribution in [0.25, 0.3) is 0 Å². The fourth-order valence-corrected chi connectivity index (χ4v) is 4.57. The molecule has 0 fully saturated rings. The molecule has 0 radical (unpaired) electrons. The van der Waals surface area contributed by atoms with Crippen molar-refractivity contribution in [2.75, 3.05) is 33.2 Å². The van der Waals surface area contributed by atoms with Gasteiger partial charge in [0.05, 0.1) is 27.4 Å². The Morgan fingerprint density at radius 1 is 0.946 bits per heavy atom. The maximum Gasteiger partial charge on any atom is 0.254 e. The molecule has 194 valence electrons. The molecule has 37 heavy (non-hydrogen) atoms. The average Bonchev–Trinajstić information content (AvgIpc) is 2.89. The van der Waals surface area contributed by atoms with Gasteiger partial charge in [0.1, 0.15) is 11.5 Å². The molecule has 10 heteroatoms. The third-order valence-electron chi connectivity index (χ3n) is 6.22. The molecule has 1 aliphatic rings. The summed E-state index contributed by atoms with van der Waals surface area (Å²) in [4.78, 5) is 26.4. The third kappa shape index (κ3) is 4.78. The topological polar surface area (TPSA) is 77.1 Å². The summed E-state index contributed by atoms with van der Waals surface area (Å²) in [5.41, 5.74) is 1.59. The van der Waals surface area contributed by atoms with Crippen LogP contribution in [0.5, 0.6) is 17.2 Å². The highest BCUT2D eigenvalue weighted by molar-refractivity contribution is 5.96. The van der Waals surface area contributed by atoms with Gasteiger partial charge in [0, 0.05) is 41.9 Å². The molecular weight excluding hydrogens is 489 g/mol. The number of carbonyl (C=O) groups excluding carboxylic acids is 2. The summed E-state index contributed by atoms with van der Waals surface area (Å²) in [5.74, 6) is -4.76. The Hall–Kier alpha value is -4.21. The average molecular weight is 515 g/mol. The smallest absolute Gasteiger partial charge is 0.254 e. The van der Waals surface area contributed by atoms with Crippen molar-refractivity contribution in [2.45, 2.75) is 19.4 Å². The minimum Gasteiger partial charge on any atom is -0.497 e. The largest absolute Gasteiger partial charge is 0.497 e. The quantitative estimate of drug-likeness (QED) is 0.475. The van der Waals surface area contributed by atoms with E-state index in [9.17, 15) is 18.4 Å². The SMILES string of the molecule is COc1cc2c(c(OC)c1)C(c1cc(F)c(F)c(OC)c1F)N(C(=O)c1ccc(NC(C)=O)cc1)CC2. The highest BCUT2D eigenvalue weighted by Crippen LogP contribution is 2.45. The second-order valence-corrected chi connectivity index (χ2v) is 8.42. The highest BCUT2D eigenvalue weighted by atomic mass is 19.2. The number of rotatable bonds is 6. The predicted molar refractivity (Wildman–Crippen MR) is 130 cm³/mol. The maximum atomic E-state index is 15.6. The van der Waals surface area contributed by atoms with E-state index >= 15 is 4.39 Å². The number of fused-ring (bicyclic) bond motifs is 1. The van der Waals surface area contributed by atoms with E-state index in [1.54, 1.807) is 24.3 Å². The number of nitrogens with one attached hydrogen (secondary N) is 1. The van der Waals surface area contributed by atoms with Crippen LogP contribution in [0.2, 0.25) is 0 Å². The van der Waals surface area contributed by atoms with E-state index in [1.165, 1.54) is 38.2 Å². The summed E-state index contributed by atoms with van der Waals surface area (Å²) in [6.45, 7) is 1.50. The lowest BCUT2D eigenvalue weighted by Crippen LogP contribution is -2.41. The molecule has 0 saturated carbocycles. The Bertz CT molecular complexity index is 1340. The molecule has 0 aliphatic carbocycles. The van der Waals surface area contributed by atoms with Gasteiger partial charge >= 0.3 is 0 Å². The van der Waals surface area contributed by atoms with Crippen LogP contribution in [0.1, 0.15) is 40.0 Å². The number of halogens is 3. The number of hydrogen-bond acceptors (Lipinski definition) is 5. The predicted octanol–water partition coefficient (Wildman–Crippen LogP) is 4.88. The van der Waals surface area contributed by atoms with E-state index in [2.05, 4.69) is 5.32 Å². The van der Waals surface area contributed by atoms with E-state index in [0.717, 1.165) is 13.2 Å². The Morgan fingerprint density at radius 3 is 2.24 bits per heavy atom. The number of amides is 2. The van der Waals surface area contributed by atoms with Crippen LogP contribution in [-0.2, 0) is 11.2 Å². The highest BCUT2D eigenvalue weighted by Gasteiger charge is 2.38. The molecule has 1 heterocycles. The van der Waals surface area contributed by atoms with Crippen LogP contribution in [0, 0.1) is 17.5 Å². The molecule has 0 saturated heterocycles. The van der Waals surface area contributed by atoms with E-state index in [-0.39, 0.29) is 23.6 Å². The summed E-state index contributed by atoms with van der Waals surface area (Å²) < 4.78 is 60.3. The van der Waals surface area contributed by atoms with Crippen molar-refractivity contribution in [2.24, 2.45) is 0 Å². The Morgan fingerprint density at radius 2 is 1.65 bits per heavy atom. The molecule has 7 nitrogen and oxygen atoms in total. The van der Waals surface area contributed by atoms with Gasteiger partial charge in [-0.1, -0.05) is 0 Å². The first-order chi connectivity index (χ1) is 17.7. The van der Waals surface area contributed by atoms with Gasteiger partial charge in [0.15, 0.2) is 17.4 Å². The summed E-state index contributed by atoms with van der Waals surface area (Å²) in [6, 6.07) is 9.05. The third-order valence-corrected chi connectivity index (χ3v) is 6.22. The van der Waals surface area contributed by atoms with Gasteiger partial charge in [0.2, 0.25) is 11.7 Å². The summed E-state index contributed by atoms with van der Waals surface area (Å²) >= 11 is 0. The van der Waals surface area contributed by atoms with Crippen molar-refractivity contribution >= 4 is 17.5 Å². The van der Waals surface area contributed by atoms with Gasteiger partial charge in [-0.15, -0.1) is 0 Å². The van der Waals surface area contributed by atoms with Crippen LogP contribution in [0.4, 0.5) is 18.9 Å². The lowest BCUT2D eigenvalue weighted by molar-refractivity contribution is -0.114. The minimum absolute atomic E-state index is 0.140. The van der Waals surface area contributed by atoms with Gasteiger partial charge in [-0.05, 0) is 48.4 Å². The number of hydrogen-bond donors (Lipinski definition) is 1. The van der Waals surface area contributed by atoms with E-state index in [4.69, 9.17) is 14.2 Å². The number of benzene rings is 3. The Labute approximate surface area is 211 Å². The number of methoxy groups -OCH3 is 3. The van der Waals surface area contributed by atoms with Crippen LogP contribution >= 0.6 is 0 Å². The van der Waals surface area contributed by atoms with Crippen molar-refractivity contribution in [3.63, 3.8) is 0 Å². The molecule has 0 spiro atoms. The van der Waals surface area contributed by atoms with Crippen molar-refractivity contribution < 1.29 is 37.0 Å². The Balaban J connectivity index is 1.90. The molecule has 2 amide bonds. The number of carbonyl (C=O) groups is 2. The summed E-state index contributed by atoms with van der Waals surface area (Å²) in [7, 11) is 3.93. The van der Waals surface area contributed by atoms with Crippen molar-refractivity contribution in [1.82, 2.24) is 4.90 Å². The molecule has 0 aromatic heterocycles. The first-order valence-electron chi connectivity index (χ1n) is 11.3. The van der Waals surface area contributed by atoms with E-state index < -0.39 is 35.2 Å². The van der Waals surface area contributed by atoms with Crippen LogP contribution in [-0.4, -0.2) is 44.6 Å². The number of anilines is 1. The molecule has 1 unspecified atom stereocenters. The second-order valence-electron chi connectivity index (χ2n) is 8.42. The number of nitrogens with zero attached hydrogens (tertiary/aromatic N) is 1. The zero-order valence-corrected chi connectivity index (χ0v) is 20.7. The van der Waals surface area contributed by atoms with Gasteiger partial charge in [-0.2, -0.15) is 4.39 Å². The summed E-state index contributed by atoms with van der Waals surface area (Å²) in [5, 5.41) is 2.62. The van der Waals surface area contributed by atoms with Crippen LogP contribution < -0.4 is 19.5 Å². The van der Waals surface area contributed by atoms with Gasteiger partial charge in [-0.3, -0.25) is 9.59 Å². The lowest BCUT2D eigenvalue weighted by atomic mass is 9.86. The van der Waals surface area contributed by atoms with Crippen LogP contribution in [0.3, 0.4) is 0 Å². The molecule has 0 bridgehead atoms. The van der Waals surface area contributed by atoms with Gasteiger partial charge < -0.3 is 24.4 Å². The van der Waals surface area contributed by atoms with E-state index in [0.29, 0.717) is 34.7 Å². The second kappa shape index (κ2) is 10.4. The molecular formula is C27H25F3N2O5. The fourth-order valence-electron chi connectivity index (χ4n) is 4.57. The number of ether oxygens (including phenoxy) is 3. The monoisotopic (exact) mass is 514 g/mol. The Kier molecular flexibility index (Phi) is 7.28. The zero-order valence-electron chi connectivity index (χ0n) is 20.7. The lowest BCUT2D eigenvalue weighted by Gasteiger charge is -2.39. The van der Waals surface area contributed by atoms with Crippen molar-refractivity contribution in [1.29, 1.82) is 0 Å². The molecule has 1 aliphatic heterocycles. The zero-order chi connectivity index (χ0) is 26.9. The van der Waals surface area contributed by atoms with Crippen molar-refractivity contribution in [3.05, 3.63) is 82.2 Å². The first-order valence-corrected chi connectivity index (χ1v) is 11.3. The van der Waals surface area contributed by atoms with Gasteiger partial charge in [0.25, 0.3) is 5.91 Å². The first kappa shape index (κ1) is 25.9. The normalized spacial score (nSPS) is 14.6. The molecule has 4 rings (SSSR count). The minimum atomic E-state index is -1.46. The maximum absolute atomic E-state index is 15.6. The van der Waals surface area contributed by atoms with Crippen molar-refractivity contribution in [3.8, 4) is 17.2 Å². The van der Waals surface area contributed by atoms with E-state index in [1.807, 2.05) is 0 Å².